The Balaban J connectivity index is 2.94. The van der Waals surface area contributed by atoms with Gasteiger partial charge in [0.05, 0.1) is 0 Å². The number of aldehydes is 1. The fourth-order valence-corrected chi connectivity index (χ4v) is 0.806. The number of para-hydroxylation sites is 1. The molecule has 0 radical (unpaired) electrons. The van der Waals surface area contributed by atoms with E-state index in [4.69, 9.17) is 5.73 Å². The highest BCUT2D eigenvalue weighted by Crippen LogP contribution is 2.11. The normalized spacial score (nSPS) is 10.2. The minimum atomic E-state index is 0.686. The summed E-state index contributed by atoms with van der Waals surface area (Å²) in [4.78, 5) is 9.96. The predicted octanol–water partition coefficient (Wildman–Crippen LogP) is 1.48. The Kier molecular flexibility index (Phi) is 2.44. The van der Waals surface area contributed by atoms with E-state index in [-0.39, 0.29) is 0 Å². The molecule has 0 unspecified atom stereocenters. The first-order valence-corrected chi connectivity index (χ1v) is 3.31. The molecule has 0 bridgehead atoms. The third-order valence-corrected chi connectivity index (χ3v) is 1.35. The first-order chi connectivity index (χ1) is 5.34. The Hall–Kier alpha value is -1.57. The van der Waals surface area contributed by atoms with Crippen LogP contribution in [0.25, 0.3) is 6.08 Å². The summed E-state index contributed by atoms with van der Waals surface area (Å²) < 4.78 is 0. The van der Waals surface area contributed by atoms with E-state index in [9.17, 15) is 4.79 Å². The molecule has 0 saturated carbocycles. The van der Waals surface area contributed by atoms with Crippen LogP contribution in [-0.2, 0) is 4.79 Å². The van der Waals surface area contributed by atoms with E-state index in [2.05, 4.69) is 0 Å². The summed E-state index contributed by atoms with van der Waals surface area (Å²) in [6, 6.07) is 7.38. The Morgan fingerprint density at radius 3 is 2.64 bits per heavy atom. The van der Waals surface area contributed by atoms with Gasteiger partial charge in [0.2, 0.25) is 0 Å². The van der Waals surface area contributed by atoms with Crippen molar-refractivity contribution in [2.45, 2.75) is 0 Å². The minimum absolute atomic E-state index is 0.686. The first-order valence-electron chi connectivity index (χ1n) is 3.31. The van der Waals surface area contributed by atoms with Crippen LogP contribution in [0.15, 0.2) is 30.3 Å². The molecule has 0 saturated heterocycles. The van der Waals surface area contributed by atoms with Gasteiger partial charge in [0, 0.05) is 5.69 Å². The fraction of sp³-hybridized carbons (Fsp3) is 0. The van der Waals surface area contributed by atoms with Gasteiger partial charge < -0.3 is 5.73 Å². The lowest BCUT2D eigenvalue weighted by Crippen LogP contribution is -1.87. The number of hydrogen-bond donors (Lipinski definition) is 1. The van der Waals surface area contributed by atoms with E-state index in [0.29, 0.717) is 5.69 Å². The van der Waals surface area contributed by atoms with Crippen molar-refractivity contribution < 1.29 is 4.79 Å². The lowest BCUT2D eigenvalue weighted by atomic mass is 10.2. The molecule has 1 rings (SSSR count). The lowest BCUT2D eigenvalue weighted by molar-refractivity contribution is -0.104. The maximum atomic E-state index is 9.96. The highest BCUT2D eigenvalue weighted by atomic mass is 16.1. The van der Waals surface area contributed by atoms with Crippen LogP contribution in [0.5, 0.6) is 0 Å². The molecule has 0 amide bonds. The van der Waals surface area contributed by atoms with Gasteiger partial charge in [-0.05, 0) is 23.8 Å². The average Bonchev–Trinajstić information content (AvgIpc) is 2.03. The molecule has 0 aliphatic carbocycles. The SMILES string of the molecule is Nc1ccccc1/C=C/C=O. The molecule has 0 aromatic heterocycles. The van der Waals surface area contributed by atoms with Gasteiger partial charge >= 0.3 is 0 Å². The van der Waals surface area contributed by atoms with Crippen LogP contribution in [0.4, 0.5) is 5.69 Å². The second kappa shape index (κ2) is 3.56. The molecule has 2 N–H and O–H groups in total. The summed E-state index contributed by atoms with van der Waals surface area (Å²) in [6.45, 7) is 0. The Morgan fingerprint density at radius 1 is 1.27 bits per heavy atom. The molecule has 2 nitrogen and oxygen atoms in total. The van der Waals surface area contributed by atoms with E-state index >= 15 is 0 Å². The zero-order valence-corrected chi connectivity index (χ0v) is 6.03. The highest BCUT2D eigenvalue weighted by Gasteiger charge is 1.89. The van der Waals surface area contributed by atoms with Crippen molar-refractivity contribution in [3.63, 3.8) is 0 Å². The third-order valence-electron chi connectivity index (χ3n) is 1.35. The van der Waals surface area contributed by atoms with Crippen LogP contribution in [0.1, 0.15) is 5.56 Å². The largest absolute Gasteiger partial charge is 0.398 e. The van der Waals surface area contributed by atoms with Gasteiger partial charge in [0.1, 0.15) is 6.29 Å². The van der Waals surface area contributed by atoms with Crippen LogP contribution in [-0.4, -0.2) is 6.29 Å². The second-order valence-electron chi connectivity index (χ2n) is 2.12. The van der Waals surface area contributed by atoms with E-state index in [0.717, 1.165) is 11.8 Å². The highest BCUT2D eigenvalue weighted by molar-refractivity contribution is 5.77. The molecule has 0 fully saturated rings. The summed E-state index contributed by atoms with van der Waals surface area (Å²) in [5, 5.41) is 0. The standard InChI is InChI=1S/C9H9NO/c10-9-6-2-1-4-8(9)5-3-7-11/h1-7H,10H2/b5-3+. The topological polar surface area (TPSA) is 43.1 Å². The molecule has 0 aliphatic rings. The quantitative estimate of drug-likeness (QED) is 0.391. The molecule has 0 heterocycles. The van der Waals surface area contributed by atoms with Crippen molar-refractivity contribution in [3.05, 3.63) is 35.9 Å². The summed E-state index contributed by atoms with van der Waals surface area (Å²) in [5.74, 6) is 0. The molecule has 1 aromatic rings. The zero-order chi connectivity index (χ0) is 8.10. The van der Waals surface area contributed by atoms with Crippen LogP contribution in [0, 0.1) is 0 Å². The Morgan fingerprint density at radius 2 is 2.00 bits per heavy atom. The molecule has 0 aliphatic heterocycles. The molecule has 56 valence electrons. The average molecular weight is 147 g/mol. The summed E-state index contributed by atoms with van der Waals surface area (Å²) in [6.07, 6.45) is 3.83. The number of carbonyl (C=O) groups excluding carboxylic acids is 1. The zero-order valence-electron chi connectivity index (χ0n) is 6.03. The van der Waals surface area contributed by atoms with Gasteiger partial charge in [-0.15, -0.1) is 0 Å². The van der Waals surface area contributed by atoms with E-state index in [1.165, 1.54) is 6.08 Å². The summed E-state index contributed by atoms with van der Waals surface area (Å²) >= 11 is 0. The summed E-state index contributed by atoms with van der Waals surface area (Å²) in [7, 11) is 0. The van der Waals surface area contributed by atoms with Crippen molar-refractivity contribution >= 4 is 18.0 Å². The van der Waals surface area contributed by atoms with Gasteiger partial charge in [-0.1, -0.05) is 18.2 Å². The fourth-order valence-electron chi connectivity index (χ4n) is 0.806. The number of carbonyl (C=O) groups is 1. The molecule has 0 spiro atoms. The molecule has 11 heavy (non-hydrogen) atoms. The first kappa shape index (κ1) is 7.54. The van der Waals surface area contributed by atoms with E-state index in [1.807, 2.05) is 18.2 Å². The maximum Gasteiger partial charge on any atom is 0.142 e. The third kappa shape index (κ3) is 1.93. The van der Waals surface area contributed by atoms with Gasteiger partial charge in [-0.3, -0.25) is 4.79 Å². The van der Waals surface area contributed by atoms with Gasteiger partial charge in [0.25, 0.3) is 0 Å². The monoisotopic (exact) mass is 147 g/mol. The summed E-state index contributed by atoms with van der Waals surface area (Å²) in [5.41, 5.74) is 7.15. The van der Waals surface area contributed by atoms with Crippen LogP contribution >= 0.6 is 0 Å². The van der Waals surface area contributed by atoms with Gasteiger partial charge in [-0.25, -0.2) is 0 Å². The number of allylic oxidation sites excluding steroid dienone is 1. The van der Waals surface area contributed by atoms with Gasteiger partial charge in [0.15, 0.2) is 0 Å². The Bertz CT molecular complexity index is 279. The van der Waals surface area contributed by atoms with Crippen molar-refractivity contribution in [2.24, 2.45) is 0 Å². The van der Waals surface area contributed by atoms with Crippen molar-refractivity contribution in [2.75, 3.05) is 5.73 Å². The number of rotatable bonds is 2. The molecular weight excluding hydrogens is 138 g/mol. The van der Waals surface area contributed by atoms with Gasteiger partial charge in [-0.2, -0.15) is 0 Å². The predicted molar refractivity (Wildman–Crippen MR) is 46.0 cm³/mol. The van der Waals surface area contributed by atoms with E-state index < -0.39 is 0 Å². The number of nitrogen functional groups attached to an aromatic ring is 1. The molecule has 1 aromatic carbocycles. The molecule has 0 atom stereocenters. The lowest BCUT2D eigenvalue weighted by Gasteiger charge is -1.96. The maximum absolute atomic E-state index is 9.96. The number of anilines is 1. The molecular formula is C9H9NO. The number of nitrogens with two attached hydrogens (primary N) is 1. The number of benzene rings is 1. The van der Waals surface area contributed by atoms with Crippen molar-refractivity contribution in [1.29, 1.82) is 0 Å². The Labute approximate surface area is 65.3 Å². The van der Waals surface area contributed by atoms with Crippen LogP contribution < -0.4 is 5.73 Å². The van der Waals surface area contributed by atoms with Crippen LogP contribution in [0.2, 0.25) is 0 Å². The van der Waals surface area contributed by atoms with Crippen molar-refractivity contribution in [1.82, 2.24) is 0 Å². The molecule has 2 heteroatoms. The second-order valence-corrected chi connectivity index (χ2v) is 2.12. The van der Waals surface area contributed by atoms with Crippen molar-refractivity contribution in [3.8, 4) is 0 Å². The number of hydrogen-bond acceptors (Lipinski definition) is 2. The minimum Gasteiger partial charge on any atom is -0.398 e. The van der Waals surface area contributed by atoms with E-state index in [1.54, 1.807) is 12.1 Å². The van der Waals surface area contributed by atoms with Crippen LogP contribution in [0.3, 0.4) is 0 Å². The smallest absolute Gasteiger partial charge is 0.142 e.